The lowest BCUT2D eigenvalue weighted by molar-refractivity contribution is -0.301. The molecule has 69 heavy (non-hydrogen) atoms. The van der Waals surface area contributed by atoms with E-state index in [1.165, 1.54) is 12.8 Å². The van der Waals surface area contributed by atoms with Gasteiger partial charge in [0.05, 0.1) is 6.61 Å². The number of hydrogen-bond acceptors (Lipinski definition) is 11. The molecule has 0 aliphatic carbocycles. The molecule has 1 heterocycles. The van der Waals surface area contributed by atoms with Crippen LogP contribution in [-0.4, -0.2) is 89.2 Å². The molecule has 0 radical (unpaired) electrons. The summed E-state index contributed by atoms with van der Waals surface area (Å²) < 4.78 is 28.3. The number of aliphatic carboxylic acids is 1. The second-order valence-corrected chi connectivity index (χ2v) is 18.1. The molecule has 0 spiro atoms. The number of esters is 3. The van der Waals surface area contributed by atoms with E-state index in [1.54, 1.807) is 0 Å². The van der Waals surface area contributed by atoms with Gasteiger partial charge in [0.2, 0.25) is 0 Å². The smallest absolute Gasteiger partial charge is 0.335 e. The zero-order valence-corrected chi connectivity index (χ0v) is 43.0. The van der Waals surface area contributed by atoms with Crippen molar-refractivity contribution in [2.24, 2.45) is 0 Å². The van der Waals surface area contributed by atoms with Gasteiger partial charge in [-0.25, -0.2) is 4.79 Å². The summed E-state index contributed by atoms with van der Waals surface area (Å²) in [5.74, 6) is -3.18. The Labute approximate surface area is 417 Å². The first kappa shape index (κ1) is 63.2. The summed E-state index contributed by atoms with van der Waals surface area (Å²) in [6.07, 6.45) is 43.2. The van der Waals surface area contributed by atoms with Crippen LogP contribution in [0.3, 0.4) is 0 Å². The molecule has 0 amide bonds. The molecular weight excluding hydrogens is 877 g/mol. The first-order valence-corrected chi connectivity index (χ1v) is 26.9. The summed E-state index contributed by atoms with van der Waals surface area (Å²) in [6.45, 7) is 5.72. The van der Waals surface area contributed by atoms with Crippen LogP contribution in [0.2, 0.25) is 0 Å². The minimum Gasteiger partial charge on any atom is -0.479 e. The molecule has 0 saturated carbocycles. The maximum Gasteiger partial charge on any atom is 0.335 e. The SMILES string of the molecule is CC/C=C\C/C=C\C/C=C\CCCCCCCC(=O)OCC(COC1OC(C(=O)O)C(O)C(O)C1OC(=O)CCCCCCC/C=C\C/C=C\CCC)OC(=O)CCCCCCC/C=C\CCCC. The van der Waals surface area contributed by atoms with Crippen molar-refractivity contribution in [2.75, 3.05) is 13.2 Å². The van der Waals surface area contributed by atoms with E-state index in [2.05, 4.69) is 93.7 Å². The van der Waals surface area contributed by atoms with Crippen molar-refractivity contribution in [3.05, 3.63) is 72.9 Å². The van der Waals surface area contributed by atoms with Crippen LogP contribution in [0.25, 0.3) is 0 Å². The molecule has 6 atom stereocenters. The van der Waals surface area contributed by atoms with Crippen molar-refractivity contribution >= 4 is 23.9 Å². The van der Waals surface area contributed by atoms with Crippen LogP contribution in [0.1, 0.15) is 213 Å². The van der Waals surface area contributed by atoms with Gasteiger partial charge in [0.1, 0.15) is 18.8 Å². The van der Waals surface area contributed by atoms with Gasteiger partial charge in [-0.15, -0.1) is 0 Å². The van der Waals surface area contributed by atoms with Gasteiger partial charge in [0, 0.05) is 19.3 Å². The van der Waals surface area contributed by atoms with Crippen LogP contribution in [0.15, 0.2) is 72.9 Å². The molecule has 12 nitrogen and oxygen atoms in total. The quantitative estimate of drug-likeness (QED) is 0.0228. The summed E-state index contributed by atoms with van der Waals surface area (Å²) >= 11 is 0. The Bertz CT molecular complexity index is 1480. The summed E-state index contributed by atoms with van der Waals surface area (Å²) in [4.78, 5) is 50.9. The van der Waals surface area contributed by atoms with Gasteiger partial charge < -0.3 is 39.0 Å². The topological polar surface area (TPSA) is 175 Å². The highest BCUT2D eigenvalue weighted by Crippen LogP contribution is 2.26. The average molecular weight is 971 g/mol. The van der Waals surface area contributed by atoms with Crippen LogP contribution >= 0.6 is 0 Å². The fourth-order valence-electron chi connectivity index (χ4n) is 7.58. The largest absolute Gasteiger partial charge is 0.479 e. The van der Waals surface area contributed by atoms with Gasteiger partial charge in [-0.05, 0) is 96.3 Å². The summed E-state index contributed by atoms with van der Waals surface area (Å²) in [7, 11) is 0. The Hall–Kier alpha value is -3.84. The Balaban J connectivity index is 2.74. The van der Waals surface area contributed by atoms with Crippen molar-refractivity contribution in [1.29, 1.82) is 0 Å². The number of allylic oxidation sites excluding steroid dienone is 12. The summed E-state index contributed by atoms with van der Waals surface area (Å²) in [5, 5.41) is 31.3. The van der Waals surface area contributed by atoms with Gasteiger partial charge in [0.25, 0.3) is 0 Å². The van der Waals surface area contributed by atoms with E-state index in [1.807, 2.05) is 0 Å². The Kier molecular flexibility index (Phi) is 41.5. The number of hydrogen-bond donors (Lipinski definition) is 3. The van der Waals surface area contributed by atoms with Crippen molar-refractivity contribution < 1.29 is 58.2 Å². The molecule has 1 fully saturated rings. The van der Waals surface area contributed by atoms with Crippen molar-refractivity contribution in [2.45, 2.75) is 250 Å². The molecule has 0 bridgehead atoms. The minimum atomic E-state index is -1.91. The van der Waals surface area contributed by atoms with E-state index >= 15 is 0 Å². The minimum absolute atomic E-state index is 0.0395. The number of aliphatic hydroxyl groups excluding tert-OH is 2. The lowest BCUT2D eigenvalue weighted by atomic mass is 9.98. The molecule has 1 aliphatic rings. The molecule has 1 rings (SSSR count). The molecular formula is C57H94O12. The average Bonchev–Trinajstić information content (AvgIpc) is 3.33. The number of rotatable bonds is 44. The Morgan fingerprint density at radius 1 is 0.493 bits per heavy atom. The van der Waals surface area contributed by atoms with E-state index < -0.39 is 67.3 Å². The zero-order valence-electron chi connectivity index (χ0n) is 43.0. The third-order valence-corrected chi connectivity index (χ3v) is 11.7. The predicted octanol–water partition coefficient (Wildman–Crippen LogP) is 13.0. The number of carboxylic acid groups (broad SMARTS) is 1. The monoisotopic (exact) mass is 971 g/mol. The standard InChI is InChI=1S/C57H94O12/c1-4-7-10-13-16-19-22-24-25-27-29-31-34-37-40-43-49(58)65-46-48(67-50(59)44-41-38-35-32-28-21-18-15-12-9-6-3)47-66-57-55(53(62)52(61)54(69-57)56(63)64)68-51(60)45-42-39-36-33-30-26-23-20-17-14-11-8-5-2/h7,10-11,14-16,18-20,23-25,48,52-55,57,61-62H,4-6,8-9,12-13,17,21-22,26-47H2,1-3H3,(H,63,64)/b10-7-,14-11-,18-15-,19-16-,23-20-,25-24-. The maximum absolute atomic E-state index is 13.1. The van der Waals surface area contributed by atoms with Crippen molar-refractivity contribution in [3.8, 4) is 0 Å². The maximum atomic E-state index is 13.1. The van der Waals surface area contributed by atoms with Crippen molar-refractivity contribution in [1.82, 2.24) is 0 Å². The van der Waals surface area contributed by atoms with Crippen LogP contribution in [0, 0.1) is 0 Å². The fraction of sp³-hybridized carbons (Fsp3) is 0.719. The molecule has 394 valence electrons. The number of aliphatic hydroxyl groups is 2. The normalized spacial score (nSPS) is 19.2. The van der Waals surface area contributed by atoms with Gasteiger partial charge in [-0.3, -0.25) is 14.4 Å². The van der Waals surface area contributed by atoms with Crippen molar-refractivity contribution in [3.63, 3.8) is 0 Å². The number of carbonyl (C=O) groups is 4. The predicted molar refractivity (Wildman–Crippen MR) is 275 cm³/mol. The van der Waals surface area contributed by atoms with E-state index in [4.69, 9.17) is 23.7 Å². The number of carboxylic acids is 1. The molecule has 0 aromatic heterocycles. The summed E-state index contributed by atoms with van der Waals surface area (Å²) in [5.41, 5.74) is 0. The number of carbonyl (C=O) groups excluding carboxylic acids is 3. The summed E-state index contributed by atoms with van der Waals surface area (Å²) in [6, 6.07) is 0. The van der Waals surface area contributed by atoms with Crippen LogP contribution < -0.4 is 0 Å². The Morgan fingerprint density at radius 3 is 1.46 bits per heavy atom. The molecule has 3 N–H and O–H groups in total. The van der Waals surface area contributed by atoms with E-state index in [0.29, 0.717) is 19.3 Å². The molecule has 12 heteroatoms. The van der Waals surface area contributed by atoms with Gasteiger partial charge in [0.15, 0.2) is 24.6 Å². The van der Waals surface area contributed by atoms with E-state index in [-0.39, 0.29) is 25.9 Å². The molecule has 6 unspecified atom stereocenters. The lowest BCUT2D eigenvalue weighted by Crippen LogP contribution is -2.61. The highest BCUT2D eigenvalue weighted by Gasteiger charge is 2.50. The van der Waals surface area contributed by atoms with E-state index in [9.17, 15) is 34.5 Å². The third-order valence-electron chi connectivity index (χ3n) is 11.7. The second kappa shape index (κ2) is 45.3. The lowest BCUT2D eigenvalue weighted by Gasteiger charge is -2.40. The molecule has 0 aromatic carbocycles. The fourth-order valence-corrected chi connectivity index (χ4v) is 7.58. The molecule has 1 aliphatic heterocycles. The van der Waals surface area contributed by atoms with E-state index in [0.717, 1.165) is 141 Å². The van der Waals surface area contributed by atoms with Gasteiger partial charge >= 0.3 is 23.9 Å². The Morgan fingerprint density at radius 2 is 0.942 bits per heavy atom. The first-order chi connectivity index (χ1) is 33.6. The molecule has 0 aromatic rings. The first-order valence-electron chi connectivity index (χ1n) is 26.9. The highest BCUT2D eigenvalue weighted by molar-refractivity contribution is 5.74. The third kappa shape index (κ3) is 35.8. The number of unbranched alkanes of at least 4 members (excludes halogenated alkanes) is 18. The zero-order chi connectivity index (χ0) is 50.4. The van der Waals surface area contributed by atoms with Gasteiger partial charge in [-0.2, -0.15) is 0 Å². The van der Waals surface area contributed by atoms with Crippen LogP contribution in [-0.2, 0) is 42.9 Å². The van der Waals surface area contributed by atoms with Gasteiger partial charge in [-0.1, -0.05) is 171 Å². The number of ether oxygens (including phenoxy) is 5. The van der Waals surface area contributed by atoms with Crippen LogP contribution in [0.4, 0.5) is 0 Å². The second-order valence-electron chi connectivity index (χ2n) is 18.1. The highest BCUT2D eigenvalue weighted by atomic mass is 16.7. The molecule has 1 saturated heterocycles. The van der Waals surface area contributed by atoms with Crippen LogP contribution in [0.5, 0.6) is 0 Å².